The summed E-state index contributed by atoms with van der Waals surface area (Å²) in [5.41, 5.74) is 14.6. The largest absolute Gasteiger partial charge is 0.495 e. The number of nitro benzene ring substituents is 1. The Morgan fingerprint density at radius 3 is 2.44 bits per heavy atom. The third-order valence-electron chi connectivity index (χ3n) is 9.41. The molecule has 5 atom stereocenters. The predicted molar refractivity (Wildman–Crippen MR) is 238 cm³/mol. The Balaban J connectivity index is 0.000000740. The summed E-state index contributed by atoms with van der Waals surface area (Å²) in [5, 5.41) is 12.9. The molecule has 1 aromatic heterocycles. The average Bonchev–Trinajstić information content (AvgIpc) is 3.71. The smallest absolute Gasteiger partial charge is 0.346 e. The Kier molecular flexibility index (Phi) is 19.4. The van der Waals surface area contributed by atoms with Crippen LogP contribution in [-0.4, -0.2) is 85.1 Å². The lowest BCUT2D eigenvalue weighted by Gasteiger charge is -2.43. The lowest BCUT2D eigenvalue weighted by Crippen LogP contribution is -2.45. The van der Waals surface area contributed by atoms with Crippen molar-refractivity contribution in [3.8, 4) is 5.75 Å². The molecule has 0 aliphatic carbocycles. The van der Waals surface area contributed by atoms with Crippen molar-refractivity contribution in [1.29, 1.82) is 0 Å². The molecule has 0 radical (unpaired) electrons. The number of H-pyrrole nitrogens is 1. The van der Waals surface area contributed by atoms with Gasteiger partial charge >= 0.3 is 31.5 Å². The maximum Gasteiger partial charge on any atom is 0.346 e. The summed E-state index contributed by atoms with van der Waals surface area (Å²) < 4.78 is 44.1. The van der Waals surface area contributed by atoms with E-state index in [0.29, 0.717) is 49.4 Å². The second-order valence-corrected chi connectivity index (χ2v) is 18.2. The molecule has 3 heterocycles. The monoisotopic (exact) mass is 925 g/mol. The zero-order valence-corrected chi connectivity index (χ0v) is 38.2. The number of anilines is 3. The standard InChI is InChI=1S/C32H48N5O12P3.C6H6N2O2/c1-21-18-32(2,3)37(26-17-27(42-4)25(33)16-24(21)26)15-9-11-28(38)34-14-8-10-22-19-36(31(40)35-30(22)39)29-13-12-23(47-29)20-46-51(44-6)49-52(45-7)48-50(41)43-5;7-5-1-3-6(4-2-5)8(9)10/h8,10,16-19,23,29,41H,9,11-15,20,33H2,1-7H3,(H,34,38)(H,35,39,40);1-4H,7H2/b10-8+;/t23-,29+,50?,51?,52?;/m0./s1. The molecule has 2 aliphatic heterocycles. The number of allylic oxidation sites excluding steroid dienone is 1. The van der Waals surface area contributed by atoms with Crippen molar-refractivity contribution in [2.24, 2.45) is 0 Å². The molecule has 2 aromatic carbocycles. The van der Waals surface area contributed by atoms with Gasteiger partial charge in [-0.1, -0.05) is 18.2 Å². The van der Waals surface area contributed by atoms with E-state index < -0.39 is 54.3 Å². The van der Waals surface area contributed by atoms with Crippen LogP contribution in [0.3, 0.4) is 0 Å². The van der Waals surface area contributed by atoms with Gasteiger partial charge in [-0.25, -0.2) is 13.4 Å². The highest BCUT2D eigenvalue weighted by atomic mass is 31.3. The fourth-order valence-corrected chi connectivity index (χ4v) is 9.40. The molecule has 5 rings (SSSR count). The van der Waals surface area contributed by atoms with Crippen LogP contribution >= 0.6 is 25.8 Å². The Hall–Kier alpha value is -4.36. The van der Waals surface area contributed by atoms with Gasteiger partial charge in [0.1, 0.15) is 12.0 Å². The molecular formula is C38H54N7O14P3. The fourth-order valence-electron chi connectivity index (χ4n) is 6.47. The van der Waals surface area contributed by atoms with E-state index in [4.69, 9.17) is 43.1 Å². The molecule has 1 fully saturated rings. The Morgan fingerprint density at radius 2 is 1.79 bits per heavy atom. The van der Waals surface area contributed by atoms with E-state index in [0.717, 1.165) is 16.8 Å². The number of nitrogens with zero attached hydrogens (tertiary/aromatic N) is 3. The van der Waals surface area contributed by atoms with Crippen molar-refractivity contribution >= 4 is 66.1 Å². The molecule has 0 spiro atoms. The van der Waals surface area contributed by atoms with Crippen molar-refractivity contribution in [2.45, 2.75) is 64.3 Å². The molecule has 1 saturated heterocycles. The molecule has 2 aliphatic rings. The first-order valence-corrected chi connectivity index (χ1v) is 22.4. The van der Waals surface area contributed by atoms with Crippen LogP contribution in [0.5, 0.6) is 5.75 Å². The summed E-state index contributed by atoms with van der Waals surface area (Å²) in [4.78, 5) is 61.7. The number of nitro groups is 1. The summed E-state index contributed by atoms with van der Waals surface area (Å²) in [5.74, 6) is 0.479. The molecule has 7 N–H and O–H groups in total. The number of ether oxygens (including phenoxy) is 2. The third kappa shape index (κ3) is 14.3. The summed E-state index contributed by atoms with van der Waals surface area (Å²) in [6.07, 6.45) is 7.74. The van der Waals surface area contributed by atoms with E-state index in [1.165, 1.54) is 56.4 Å². The van der Waals surface area contributed by atoms with Crippen LogP contribution in [-0.2, 0) is 36.2 Å². The number of rotatable bonds is 20. The number of non-ortho nitro benzene ring substituents is 1. The van der Waals surface area contributed by atoms with Gasteiger partial charge in [-0.15, -0.1) is 0 Å². The highest BCUT2D eigenvalue weighted by molar-refractivity contribution is 7.61. The molecule has 0 bridgehead atoms. The normalized spacial score (nSPS) is 18.3. The first-order chi connectivity index (χ1) is 29.5. The Morgan fingerprint density at radius 1 is 1.08 bits per heavy atom. The number of aromatic nitrogens is 2. The van der Waals surface area contributed by atoms with Gasteiger partial charge in [-0.2, -0.15) is 0 Å². The number of benzene rings is 2. The topological polar surface area (TPSA) is 276 Å². The number of amides is 1. The zero-order valence-electron chi connectivity index (χ0n) is 35.5. The summed E-state index contributed by atoms with van der Waals surface area (Å²) in [7, 11) is -0.474. The molecule has 1 amide bonds. The minimum Gasteiger partial charge on any atom is -0.495 e. The van der Waals surface area contributed by atoms with Crippen LogP contribution in [0.1, 0.15) is 63.8 Å². The van der Waals surface area contributed by atoms with Gasteiger partial charge in [0, 0.05) is 82.2 Å². The van der Waals surface area contributed by atoms with E-state index in [1.807, 2.05) is 12.1 Å². The second kappa shape index (κ2) is 23.9. The van der Waals surface area contributed by atoms with Gasteiger partial charge in [0.05, 0.1) is 41.5 Å². The Labute approximate surface area is 362 Å². The first kappa shape index (κ1) is 50.3. The van der Waals surface area contributed by atoms with Crippen LogP contribution in [0.2, 0.25) is 0 Å². The minimum atomic E-state index is -2.18. The van der Waals surface area contributed by atoms with Gasteiger partial charge < -0.3 is 54.1 Å². The van der Waals surface area contributed by atoms with Gasteiger partial charge in [0.15, 0.2) is 0 Å². The summed E-state index contributed by atoms with van der Waals surface area (Å²) in [6.45, 7) is 7.24. The fraction of sp³-hybridized carbons (Fsp3) is 0.447. The third-order valence-corrected chi connectivity index (χ3v) is 12.8. The number of nitrogens with one attached hydrogen (secondary N) is 2. The average molecular weight is 926 g/mol. The van der Waals surface area contributed by atoms with Crippen LogP contribution in [0.4, 0.5) is 22.7 Å². The summed E-state index contributed by atoms with van der Waals surface area (Å²) >= 11 is 0. The quantitative estimate of drug-likeness (QED) is 0.0362. The number of nitrogens with two attached hydrogens (primary N) is 2. The van der Waals surface area contributed by atoms with E-state index >= 15 is 0 Å². The number of hydrogen-bond acceptors (Lipinski definition) is 17. The van der Waals surface area contributed by atoms with E-state index in [2.05, 4.69) is 46.6 Å². The van der Waals surface area contributed by atoms with E-state index in [9.17, 15) is 29.4 Å². The van der Waals surface area contributed by atoms with Crippen LogP contribution in [0.25, 0.3) is 11.6 Å². The molecular weight excluding hydrogens is 871 g/mol. The lowest BCUT2D eigenvalue weighted by atomic mass is 9.88. The minimum absolute atomic E-state index is 0.0641. The number of fused-ring (bicyclic) bond motifs is 1. The number of methoxy groups -OCH3 is 1. The van der Waals surface area contributed by atoms with Gasteiger partial charge in [0.2, 0.25) is 5.91 Å². The van der Waals surface area contributed by atoms with Gasteiger partial charge in [-0.3, -0.25) is 29.3 Å². The number of hydrogen-bond donors (Lipinski definition) is 5. The molecule has 62 heavy (non-hydrogen) atoms. The summed E-state index contributed by atoms with van der Waals surface area (Å²) in [6, 6.07) is 9.62. The van der Waals surface area contributed by atoms with E-state index in [-0.39, 0.29) is 35.8 Å². The van der Waals surface area contributed by atoms with Gasteiger partial charge in [0.25, 0.3) is 11.2 Å². The van der Waals surface area contributed by atoms with Crippen molar-refractivity contribution < 1.29 is 50.8 Å². The number of nitrogen functional groups attached to an aromatic ring is 2. The molecule has 0 saturated carbocycles. The van der Waals surface area contributed by atoms with Crippen LogP contribution in [0.15, 0.2) is 64.3 Å². The van der Waals surface area contributed by atoms with Crippen LogP contribution in [0, 0.1) is 10.1 Å². The predicted octanol–water partition coefficient (Wildman–Crippen LogP) is 6.26. The Bertz CT molecular complexity index is 2150. The van der Waals surface area contributed by atoms with Crippen molar-refractivity contribution in [3.63, 3.8) is 0 Å². The van der Waals surface area contributed by atoms with Gasteiger partial charge in [-0.05, 0) is 63.8 Å². The van der Waals surface area contributed by atoms with E-state index in [1.54, 1.807) is 19.3 Å². The maximum absolute atomic E-state index is 12.7. The second-order valence-electron chi connectivity index (χ2n) is 14.1. The number of aromatic amines is 1. The first-order valence-electron chi connectivity index (χ1n) is 19.1. The maximum atomic E-state index is 12.7. The number of carbonyl (C=O) groups is 1. The van der Waals surface area contributed by atoms with Crippen molar-refractivity contribution in [3.05, 3.63) is 96.8 Å². The lowest BCUT2D eigenvalue weighted by molar-refractivity contribution is -0.384. The molecule has 24 heteroatoms. The highest BCUT2D eigenvalue weighted by Gasteiger charge is 2.33. The number of carbonyl (C=O) groups excluding carboxylic acids is 1. The highest BCUT2D eigenvalue weighted by Crippen LogP contribution is 2.60. The van der Waals surface area contributed by atoms with Crippen molar-refractivity contribution in [2.75, 3.05) is 64.5 Å². The molecule has 340 valence electrons. The van der Waals surface area contributed by atoms with Crippen molar-refractivity contribution in [1.82, 2.24) is 14.9 Å². The zero-order chi connectivity index (χ0) is 45.6. The van der Waals surface area contributed by atoms with Crippen LogP contribution < -0.4 is 37.7 Å². The SMILES string of the molecule is COc1cc2c(cc1N)C(C)=CC(C)(C)N2CCCC(=O)NC/C=C/c1cn([C@H]2CC[C@@H](COP(OC)OP(OC)OP(O)OC)O2)c(=O)[nH]c1=O.Nc1ccc([N+](=O)[O-])cc1. The molecule has 3 aromatic rings. The molecule has 3 unspecified atom stereocenters. The molecule has 21 nitrogen and oxygen atoms in total.